The molecule has 2 fully saturated rings. The Balaban J connectivity index is 1.52. The van der Waals surface area contributed by atoms with Gasteiger partial charge in [-0.05, 0) is 55.3 Å². The average Bonchev–Trinajstić information content (AvgIpc) is 3.61. The zero-order chi connectivity index (χ0) is 23.9. The molecule has 2 aromatic carbocycles. The van der Waals surface area contributed by atoms with Crippen LogP contribution in [0.5, 0.6) is 5.75 Å². The first-order valence-electron chi connectivity index (χ1n) is 11.1. The fourth-order valence-corrected chi connectivity index (χ4v) is 5.32. The number of ether oxygens (including phenoxy) is 1. The molecule has 1 amide bonds. The molecule has 5 rings (SSSR count). The summed E-state index contributed by atoms with van der Waals surface area (Å²) in [6.07, 6.45) is 1.87. The zero-order valence-electron chi connectivity index (χ0n) is 18.6. The second-order valence-electron chi connectivity index (χ2n) is 8.41. The molecule has 1 aromatic heterocycles. The van der Waals surface area contributed by atoms with Crippen LogP contribution in [0.2, 0.25) is 0 Å². The van der Waals surface area contributed by atoms with Gasteiger partial charge in [-0.1, -0.05) is 6.07 Å². The Bertz CT molecular complexity index is 1310. The molecule has 3 aromatic rings. The van der Waals surface area contributed by atoms with E-state index in [-0.39, 0.29) is 33.5 Å². The number of benzene rings is 2. The van der Waals surface area contributed by atoms with Crippen molar-refractivity contribution in [3.8, 4) is 17.2 Å². The molecular formula is C24H24FN3O5S. The van der Waals surface area contributed by atoms with Crippen LogP contribution in [-0.2, 0) is 14.6 Å². The Morgan fingerprint density at radius 2 is 1.79 bits per heavy atom. The van der Waals surface area contributed by atoms with E-state index in [0.717, 1.165) is 25.0 Å². The number of aromatic nitrogens is 1. The first-order chi connectivity index (χ1) is 16.4. The van der Waals surface area contributed by atoms with E-state index in [2.05, 4.69) is 4.98 Å². The zero-order valence-corrected chi connectivity index (χ0v) is 19.4. The summed E-state index contributed by atoms with van der Waals surface area (Å²) in [5.74, 6) is 0.575. The van der Waals surface area contributed by atoms with Gasteiger partial charge in [0.05, 0.1) is 12.0 Å². The number of oxazole rings is 1. The van der Waals surface area contributed by atoms with E-state index < -0.39 is 15.7 Å². The van der Waals surface area contributed by atoms with E-state index >= 15 is 0 Å². The number of amides is 1. The van der Waals surface area contributed by atoms with Crippen LogP contribution in [-0.4, -0.2) is 57.5 Å². The summed E-state index contributed by atoms with van der Waals surface area (Å²) in [5, 5.41) is -0.237. The first-order valence-corrected chi connectivity index (χ1v) is 12.5. The number of nitrogens with zero attached hydrogens (tertiary/aromatic N) is 3. The molecule has 0 N–H and O–H groups in total. The predicted octanol–water partition coefficient (Wildman–Crippen LogP) is 3.38. The molecule has 0 radical (unpaired) electrons. The normalized spacial score (nSPS) is 16.5. The molecule has 10 heteroatoms. The molecular weight excluding hydrogens is 461 g/mol. The van der Waals surface area contributed by atoms with Crippen LogP contribution in [0.3, 0.4) is 0 Å². The largest absolute Gasteiger partial charge is 0.497 e. The lowest BCUT2D eigenvalue weighted by Crippen LogP contribution is -2.49. The van der Waals surface area contributed by atoms with Crippen LogP contribution in [0.25, 0.3) is 11.5 Å². The molecule has 178 valence electrons. The van der Waals surface area contributed by atoms with Crippen molar-refractivity contribution in [1.82, 2.24) is 9.88 Å². The molecule has 1 aliphatic carbocycles. The molecule has 0 spiro atoms. The lowest BCUT2D eigenvalue weighted by Gasteiger charge is -2.34. The average molecular weight is 486 g/mol. The van der Waals surface area contributed by atoms with Gasteiger partial charge in [-0.3, -0.25) is 4.79 Å². The van der Waals surface area contributed by atoms with Gasteiger partial charge in [-0.25, -0.2) is 12.8 Å². The van der Waals surface area contributed by atoms with E-state index in [4.69, 9.17) is 9.15 Å². The Hall–Kier alpha value is -3.40. The highest BCUT2D eigenvalue weighted by Crippen LogP contribution is 2.37. The predicted molar refractivity (Wildman–Crippen MR) is 122 cm³/mol. The molecule has 34 heavy (non-hydrogen) atoms. The summed E-state index contributed by atoms with van der Waals surface area (Å²) < 4.78 is 51.7. The van der Waals surface area contributed by atoms with Crippen molar-refractivity contribution in [3.05, 3.63) is 54.3 Å². The molecule has 0 unspecified atom stereocenters. The number of carbonyl (C=O) groups excluding carboxylic acids is 1. The number of methoxy groups -OCH3 is 1. The molecule has 2 heterocycles. The van der Waals surface area contributed by atoms with Gasteiger partial charge in [0.2, 0.25) is 32.5 Å². The van der Waals surface area contributed by atoms with Crippen molar-refractivity contribution >= 4 is 21.6 Å². The van der Waals surface area contributed by atoms with E-state index in [1.165, 1.54) is 19.2 Å². The Kier molecular flexibility index (Phi) is 5.76. The number of sulfone groups is 1. The molecule has 1 saturated carbocycles. The molecule has 2 aliphatic rings. The number of anilines is 1. The second kappa shape index (κ2) is 8.75. The summed E-state index contributed by atoms with van der Waals surface area (Å²) in [4.78, 5) is 20.3. The topological polar surface area (TPSA) is 93.0 Å². The van der Waals surface area contributed by atoms with E-state index in [9.17, 15) is 17.6 Å². The quantitative estimate of drug-likeness (QED) is 0.494. The minimum absolute atomic E-state index is 0.0804. The van der Waals surface area contributed by atoms with Crippen molar-refractivity contribution in [3.63, 3.8) is 0 Å². The van der Waals surface area contributed by atoms with Gasteiger partial charge < -0.3 is 19.0 Å². The Labute approximate surface area is 196 Å². The summed E-state index contributed by atoms with van der Waals surface area (Å²) in [5.41, 5.74) is 0.559. The highest BCUT2D eigenvalue weighted by atomic mass is 32.2. The summed E-state index contributed by atoms with van der Waals surface area (Å²) in [6, 6.07) is 11.6. The van der Waals surface area contributed by atoms with Crippen molar-refractivity contribution in [2.75, 3.05) is 38.2 Å². The van der Waals surface area contributed by atoms with Gasteiger partial charge in [-0.15, -0.1) is 0 Å². The SMILES string of the molecule is COc1cccc(-c2nc(S(=O)(=O)c3ccc(F)cc3)c(N3CCN(C(=O)C4CC4)CC3)o2)c1. The fraction of sp³-hybridized carbons (Fsp3) is 0.333. The van der Waals surface area contributed by atoms with E-state index in [0.29, 0.717) is 37.5 Å². The maximum absolute atomic E-state index is 13.5. The number of hydrogen-bond acceptors (Lipinski definition) is 7. The van der Waals surface area contributed by atoms with Crippen molar-refractivity contribution in [2.24, 2.45) is 5.92 Å². The number of rotatable bonds is 6. The molecule has 8 nitrogen and oxygen atoms in total. The standard InChI is InChI=1S/C24H24FN3O5S/c1-32-19-4-2-3-17(15-19)21-26-22(34(30,31)20-9-7-18(25)8-10-20)24(33-21)28-13-11-27(12-14-28)23(29)16-5-6-16/h2-4,7-10,15-16H,5-6,11-14H2,1H3. The van der Waals surface area contributed by atoms with Gasteiger partial charge >= 0.3 is 0 Å². The third-order valence-corrected chi connectivity index (χ3v) is 7.75. The van der Waals surface area contributed by atoms with Crippen molar-refractivity contribution in [2.45, 2.75) is 22.8 Å². The lowest BCUT2D eigenvalue weighted by atomic mass is 10.2. The minimum Gasteiger partial charge on any atom is -0.497 e. The molecule has 0 atom stereocenters. The highest BCUT2D eigenvalue weighted by molar-refractivity contribution is 7.91. The summed E-state index contributed by atoms with van der Waals surface area (Å²) in [7, 11) is -2.56. The number of halogens is 1. The van der Waals surface area contributed by atoms with Crippen LogP contribution in [0.15, 0.2) is 62.9 Å². The van der Waals surface area contributed by atoms with E-state index in [1.54, 1.807) is 29.2 Å². The minimum atomic E-state index is -4.10. The first kappa shape index (κ1) is 22.4. The highest BCUT2D eigenvalue weighted by Gasteiger charge is 2.37. The van der Waals surface area contributed by atoms with Gasteiger partial charge in [0.25, 0.3) is 0 Å². The smallest absolute Gasteiger partial charge is 0.236 e. The van der Waals surface area contributed by atoms with Gasteiger partial charge in [-0.2, -0.15) is 4.98 Å². The van der Waals surface area contributed by atoms with Crippen LogP contribution < -0.4 is 9.64 Å². The van der Waals surface area contributed by atoms with Gasteiger partial charge in [0.1, 0.15) is 11.6 Å². The monoisotopic (exact) mass is 485 g/mol. The van der Waals surface area contributed by atoms with Crippen molar-refractivity contribution in [1.29, 1.82) is 0 Å². The van der Waals surface area contributed by atoms with Gasteiger partial charge in [0, 0.05) is 37.7 Å². The second-order valence-corrected chi connectivity index (χ2v) is 10.3. The van der Waals surface area contributed by atoms with Crippen LogP contribution in [0.4, 0.5) is 10.3 Å². The lowest BCUT2D eigenvalue weighted by molar-refractivity contribution is -0.132. The van der Waals surface area contributed by atoms with Crippen LogP contribution in [0.1, 0.15) is 12.8 Å². The maximum Gasteiger partial charge on any atom is 0.236 e. The molecule has 1 aliphatic heterocycles. The number of carbonyl (C=O) groups is 1. The Morgan fingerprint density at radius 1 is 1.09 bits per heavy atom. The summed E-state index contributed by atoms with van der Waals surface area (Å²) >= 11 is 0. The summed E-state index contributed by atoms with van der Waals surface area (Å²) in [6.45, 7) is 1.77. The van der Waals surface area contributed by atoms with Crippen molar-refractivity contribution < 1.29 is 26.8 Å². The Morgan fingerprint density at radius 3 is 2.44 bits per heavy atom. The van der Waals surface area contributed by atoms with Crippen LogP contribution in [0, 0.1) is 11.7 Å². The number of hydrogen-bond donors (Lipinski definition) is 0. The third kappa shape index (κ3) is 4.25. The molecule has 1 saturated heterocycles. The van der Waals surface area contributed by atoms with Crippen LogP contribution >= 0.6 is 0 Å². The number of piperazine rings is 1. The van der Waals surface area contributed by atoms with E-state index in [1.807, 2.05) is 4.90 Å². The third-order valence-electron chi connectivity index (χ3n) is 6.08. The molecule has 0 bridgehead atoms. The fourth-order valence-electron chi connectivity index (χ4n) is 4.00. The van der Waals surface area contributed by atoms with Gasteiger partial charge in [0.15, 0.2) is 0 Å². The maximum atomic E-state index is 13.5.